The molecule has 0 aliphatic heterocycles. The zero-order valence-corrected chi connectivity index (χ0v) is 9.79. The largest absolute Gasteiger partial charge is 0.481 e. The Hall–Kier alpha value is -0.790. The first-order chi connectivity index (χ1) is 6.90. The molecule has 0 amide bonds. The molecule has 0 aromatic rings. The molecule has 0 saturated heterocycles. The molecule has 2 nitrogen and oxygen atoms in total. The van der Waals surface area contributed by atoms with Crippen LogP contribution in [0.4, 0.5) is 0 Å². The molecule has 0 heterocycles. The van der Waals surface area contributed by atoms with Gasteiger partial charge >= 0.3 is 5.97 Å². The molecule has 0 aromatic heterocycles. The zero-order chi connectivity index (χ0) is 11.3. The highest BCUT2D eigenvalue weighted by molar-refractivity contribution is 5.72. The van der Waals surface area contributed by atoms with E-state index >= 15 is 0 Å². The van der Waals surface area contributed by atoms with Crippen LogP contribution in [0.2, 0.25) is 0 Å². The van der Waals surface area contributed by atoms with E-state index in [0.29, 0.717) is 5.92 Å². The molecule has 0 radical (unpaired) electrons. The van der Waals surface area contributed by atoms with Crippen LogP contribution in [-0.4, -0.2) is 11.1 Å². The Bertz CT molecular complexity index is 318. The summed E-state index contributed by atoms with van der Waals surface area (Å²) in [6.07, 6.45) is 7.46. The number of carboxylic acid groups (broad SMARTS) is 1. The lowest BCUT2D eigenvalue weighted by Gasteiger charge is -2.53. The van der Waals surface area contributed by atoms with Crippen LogP contribution in [0.5, 0.6) is 0 Å². The monoisotopic (exact) mass is 208 g/mol. The van der Waals surface area contributed by atoms with Crippen molar-refractivity contribution in [3.63, 3.8) is 0 Å². The van der Waals surface area contributed by atoms with Crippen LogP contribution in [0.1, 0.15) is 40.0 Å². The van der Waals surface area contributed by atoms with Crippen molar-refractivity contribution >= 4 is 5.97 Å². The van der Waals surface area contributed by atoms with Crippen molar-refractivity contribution < 1.29 is 9.90 Å². The molecule has 84 valence electrons. The van der Waals surface area contributed by atoms with Gasteiger partial charge in [0.25, 0.3) is 0 Å². The summed E-state index contributed by atoms with van der Waals surface area (Å²) in [5.74, 6) is -0.259. The van der Waals surface area contributed by atoms with Crippen molar-refractivity contribution in [2.24, 2.45) is 22.7 Å². The van der Waals surface area contributed by atoms with Gasteiger partial charge in [0.05, 0.1) is 5.92 Å². The predicted octanol–water partition coefficient (Wildman–Crippen LogP) is 3.09. The lowest BCUT2D eigenvalue weighted by molar-refractivity contribution is -0.150. The Morgan fingerprint density at radius 3 is 2.47 bits per heavy atom. The van der Waals surface area contributed by atoms with Crippen LogP contribution < -0.4 is 0 Å². The predicted molar refractivity (Wildman–Crippen MR) is 59.5 cm³/mol. The van der Waals surface area contributed by atoms with Gasteiger partial charge in [-0.25, -0.2) is 0 Å². The molecule has 2 heteroatoms. The highest BCUT2D eigenvalue weighted by atomic mass is 16.4. The summed E-state index contributed by atoms with van der Waals surface area (Å²) >= 11 is 0. The third kappa shape index (κ3) is 1.42. The van der Waals surface area contributed by atoms with Crippen molar-refractivity contribution in [1.82, 2.24) is 0 Å². The van der Waals surface area contributed by atoms with Crippen molar-refractivity contribution in [2.45, 2.75) is 40.0 Å². The van der Waals surface area contributed by atoms with E-state index in [1.807, 2.05) is 0 Å². The highest BCUT2D eigenvalue weighted by Gasteiger charge is 2.52. The molecule has 0 spiro atoms. The summed E-state index contributed by atoms with van der Waals surface area (Å²) in [5, 5.41) is 9.29. The fraction of sp³-hybridized carbons (Fsp3) is 0.769. The summed E-state index contributed by atoms with van der Waals surface area (Å²) in [4.78, 5) is 11.3. The Balaban J connectivity index is 2.37. The van der Waals surface area contributed by atoms with Crippen LogP contribution >= 0.6 is 0 Å². The summed E-state index contributed by atoms with van der Waals surface area (Å²) in [6, 6.07) is 0. The summed E-state index contributed by atoms with van der Waals surface area (Å²) in [7, 11) is 0. The van der Waals surface area contributed by atoms with Gasteiger partial charge in [0, 0.05) is 0 Å². The maximum Gasteiger partial charge on any atom is 0.307 e. The molecule has 3 rings (SSSR count). The van der Waals surface area contributed by atoms with Gasteiger partial charge in [0.1, 0.15) is 0 Å². The second-order valence-electron chi connectivity index (χ2n) is 5.82. The van der Waals surface area contributed by atoms with Crippen LogP contribution in [-0.2, 0) is 4.79 Å². The molecule has 1 fully saturated rings. The molecule has 3 atom stereocenters. The number of aliphatic carboxylic acids is 1. The van der Waals surface area contributed by atoms with Gasteiger partial charge in [-0.1, -0.05) is 32.9 Å². The average Bonchev–Trinajstić information content (AvgIpc) is 2.18. The summed E-state index contributed by atoms with van der Waals surface area (Å²) < 4.78 is 0. The van der Waals surface area contributed by atoms with Crippen molar-refractivity contribution in [3.05, 3.63) is 12.2 Å². The molecule has 3 aliphatic rings. The first-order valence-corrected chi connectivity index (χ1v) is 5.83. The van der Waals surface area contributed by atoms with E-state index in [9.17, 15) is 9.90 Å². The number of hydrogen-bond donors (Lipinski definition) is 1. The SMILES string of the molecule is CC(C)C12C=CC(C)(CC1)C(C(=O)O)C2. The molecule has 15 heavy (non-hydrogen) atoms. The first kappa shape index (κ1) is 10.7. The van der Waals surface area contributed by atoms with Gasteiger partial charge in [-0.2, -0.15) is 0 Å². The number of allylic oxidation sites excluding steroid dienone is 2. The van der Waals surface area contributed by atoms with E-state index in [-0.39, 0.29) is 16.7 Å². The maximum absolute atomic E-state index is 11.3. The van der Waals surface area contributed by atoms with E-state index in [1.165, 1.54) is 0 Å². The average molecular weight is 208 g/mol. The third-order valence-corrected chi connectivity index (χ3v) is 4.75. The minimum absolute atomic E-state index is 0.0948. The maximum atomic E-state index is 11.3. The van der Waals surface area contributed by atoms with Crippen molar-refractivity contribution in [2.75, 3.05) is 0 Å². The first-order valence-electron chi connectivity index (χ1n) is 5.83. The van der Waals surface area contributed by atoms with Crippen LogP contribution in [0.3, 0.4) is 0 Å². The number of hydrogen-bond acceptors (Lipinski definition) is 1. The van der Waals surface area contributed by atoms with Gasteiger partial charge < -0.3 is 5.11 Å². The Kier molecular flexibility index (Phi) is 2.21. The standard InChI is InChI=1S/C13H20O2/c1-9(2)13-6-4-12(3,5-7-13)10(8-13)11(14)15/h4,6,9-10H,5,7-8H2,1-3H3,(H,14,15). The topological polar surface area (TPSA) is 37.3 Å². The minimum atomic E-state index is -0.619. The fourth-order valence-corrected chi connectivity index (χ4v) is 3.18. The second kappa shape index (κ2) is 3.10. The summed E-state index contributed by atoms with van der Waals surface area (Å²) in [5.41, 5.74) is 0.0588. The van der Waals surface area contributed by atoms with Gasteiger partial charge in [-0.15, -0.1) is 0 Å². The van der Waals surface area contributed by atoms with Gasteiger partial charge in [-0.05, 0) is 36.0 Å². The third-order valence-electron chi connectivity index (χ3n) is 4.75. The van der Waals surface area contributed by atoms with Crippen LogP contribution in [0, 0.1) is 22.7 Å². The minimum Gasteiger partial charge on any atom is -0.481 e. The molecular formula is C13H20O2. The van der Waals surface area contributed by atoms with E-state index < -0.39 is 5.97 Å². The molecular weight excluding hydrogens is 188 g/mol. The summed E-state index contributed by atoms with van der Waals surface area (Å²) in [6.45, 7) is 6.50. The quantitative estimate of drug-likeness (QED) is 0.708. The second-order valence-corrected chi connectivity index (χ2v) is 5.82. The molecule has 1 saturated carbocycles. The molecule has 3 aliphatic carbocycles. The van der Waals surface area contributed by atoms with E-state index in [1.54, 1.807) is 0 Å². The van der Waals surface area contributed by atoms with Crippen molar-refractivity contribution in [3.8, 4) is 0 Å². The van der Waals surface area contributed by atoms with Crippen LogP contribution in [0.15, 0.2) is 12.2 Å². The Labute approximate surface area is 91.4 Å². The lowest BCUT2D eigenvalue weighted by Crippen LogP contribution is -2.47. The van der Waals surface area contributed by atoms with Gasteiger partial charge in [0.2, 0.25) is 0 Å². The number of rotatable bonds is 2. The highest BCUT2D eigenvalue weighted by Crippen LogP contribution is 2.58. The molecule has 0 aromatic carbocycles. The number of carbonyl (C=O) groups is 1. The zero-order valence-electron chi connectivity index (χ0n) is 9.79. The van der Waals surface area contributed by atoms with Gasteiger partial charge in [0.15, 0.2) is 0 Å². The van der Waals surface area contributed by atoms with E-state index in [0.717, 1.165) is 19.3 Å². The molecule has 2 bridgehead atoms. The molecule has 3 unspecified atom stereocenters. The normalized spacial score (nSPS) is 43.6. The Morgan fingerprint density at radius 1 is 1.40 bits per heavy atom. The molecule has 1 N–H and O–H groups in total. The van der Waals surface area contributed by atoms with Crippen molar-refractivity contribution in [1.29, 1.82) is 0 Å². The van der Waals surface area contributed by atoms with Crippen LogP contribution in [0.25, 0.3) is 0 Å². The number of fused-ring (bicyclic) bond motifs is 2. The smallest absolute Gasteiger partial charge is 0.307 e. The van der Waals surface area contributed by atoms with Gasteiger partial charge in [-0.3, -0.25) is 4.79 Å². The van der Waals surface area contributed by atoms with E-state index in [2.05, 4.69) is 32.9 Å². The fourth-order valence-electron chi connectivity index (χ4n) is 3.18. The van der Waals surface area contributed by atoms with E-state index in [4.69, 9.17) is 0 Å². The lowest BCUT2D eigenvalue weighted by atomic mass is 9.51. The Morgan fingerprint density at radius 2 is 2.07 bits per heavy atom. The number of carboxylic acids is 1.